The van der Waals surface area contributed by atoms with Gasteiger partial charge >= 0.3 is 5.97 Å². The van der Waals surface area contributed by atoms with Gasteiger partial charge in [-0.15, -0.1) is 0 Å². The van der Waals surface area contributed by atoms with E-state index in [0.29, 0.717) is 17.1 Å². The van der Waals surface area contributed by atoms with Crippen LogP contribution in [0.1, 0.15) is 19.4 Å². The lowest BCUT2D eigenvalue weighted by Gasteiger charge is -2.44. The summed E-state index contributed by atoms with van der Waals surface area (Å²) in [7, 11) is 2.13. The van der Waals surface area contributed by atoms with E-state index in [0.717, 1.165) is 30.4 Å². The Morgan fingerprint density at radius 3 is 2.52 bits per heavy atom. The van der Waals surface area contributed by atoms with Crippen LogP contribution in [-0.4, -0.2) is 48.2 Å². The number of piperazine rings is 1. The van der Waals surface area contributed by atoms with Crippen LogP contribution in [0.3, 0.4) is 0 Å². The highest BCUT2D eigenvalue weighted by Crippen LogP contribution is 2.33. The number of para-hydroxylation sites is 1. The average molecular weight is 309 g/mol. The number of hydrogen-bond acceptors (Lipinski definition) is 3. The quantitative estimate of drug-likeness (QED) is 0.872. The van der Waals surface area contributed by atoms with Gasteiger partial charge in [0.05, 0.1) is 10.7 Å². The van der Waals surface area contributed by atoms with Gasteiger partial charge in [0.15, 0.2) is 0 Å². The fourth-order valence-corrected chi connectivity index (χ4v) is 3.05. The van der Waals surface area contributed by atoms with Crippen molar-refractivity contribution in [3.63, 3.8) is 0 Å². The van der Waals surface area contributed by atoms with Crippen LogP contribution in [0.2, 0.25) is 5.02 Å². The van der Waals surface area contributed by atoms with E-state index in [1.165, 1.54) is 0 Å². The van der Waals surface area contributed by atoms with Gasteiger partial charge in [0, 0.05) is 31.2 Å². The van der Waals surface area contributed by atoms with Crippen molar-refractivity contribution in [2.24, 2.45) is 0 Å². The molecular weight excluding hydrogens is 288 g/mol. The molecule has 0 aliphatic carbocycles. The van der Waals surface area contributed by atoms with E-state index in [4.69, 9.17) is 16.7 Å². The summed E-state index contributed by atoms with van der Waals surface area (Å²) in [4.78, 5) is 15.3. The van der Waals surface area contributed by atoms with E-state index in [2.05, 4.69) is 30.7 Å². The number of rotatable bonds is 3. The molecule has 0 bridgehead atoms. The summed E-state index contributed by atoms with van der Waals surface area (Å²) in [6.07, 6.45) is 2.76. The topological polar surface area (TPSA) is 43.8 Å². The molecule has 5 heteroatoms. The molecule has 0 saturated carbocycles. The number of aliphatic carboxylic acids is 1. The average Bonchev–Trinajstić information content (AvgIpc) is 2.42. The van der Waals surface area contributed by atoms with Crippen LogP contribution >= 0.6 is 11.6 Å². The van der Waals surface area contributed by atoms with Crippen molar-refractivity contribution in [3.8, 4) is 0 Å². The first-order chi connectivity index (χ1) is 9.90. The highest BCUT2D eigenvalue weighted by Gasteiger charge is 2.28. The lowest BCUT2D eigenvalue weighted by Crippen LogP contribution is -2.55. The zero-order valence-electron chi connectivity index (χ0n) is 12.6. The molecule has 4 nitrogen and oxygen atoms in total. The van der Waals surface area contributed by atoms with Crippen LogP contribution in [0.5, 0.6) is 0 Å². The van der Waals surface area contributed by atoms with Crippen molar-refractivity contribution in [3.05, 3.63) is 34.9 Å². The predicted octanol–water partition coefficient (Wildman–Crippen LogP) is 2.97. The molecule has 1 aromatic carbocycles. The summed E-state index contributed by atoms with van der Waals surface area (Å²) < 4.78 is 0. The minimum absolute atomic E-state index is 0.418. The maximum atomic E-state index is 10.8. The van der Waals surface area contributed by atoms with Crippen molar-refractivity contribution in [2.75, 3.05) is 25.0 Å². The SMILES string of the molecule is CC1CN(c2c(Cl)cccc2/C=C/C(=O)O)CC(C)N1C. The summed E-state index contributed by atoms with van der Waals surface area (Å²) in [5.41, 5.74) is 1.76. The Bertz CT molecular complexity index is 547. The molecule has 0 spiro atoms. The van der Waals surface area contributed by atoms with Gasteiger partial charge < -0.3 is 10.0 Å². The number of hydrogen-bond donors (Lipinski definition) is 1. The fourth-order valence-electron chi connectivity index (χ4n) is 2.75. The van der Waals surface area contributed by atoms with E-state index in [1.807, 2.05) is 18.2 Å². The molecule has 2 rings (SSSR count). The summed E-state index contributed by atoms with van der Waals surface area (Å²) in [6, 6.07) is 6.43. The van der Waals surface area contributed by atoms with Gasteiger partial charge in [0.2, 0.25) is 0 Å². The number of carboxylic acids is 1. The van der Waals surface area contributed by atoms with Crippen LogP contribution in [0.25, 0.3) is 6.08 Å². The second-order valence-electron chi connectivity index (χ2n) is 5.62. The number of nitrogens with zero attached hydrogens (tertiary/aromatic N) is 2. The van der Waals surface area contributed by atoms with E-state index in [1.54, 1.807) is 6.08 Å². The van der Waals surface area contributed by atoms with Gasteiger partial charge in [0.1, 0.15) is 0 Å². The summed E-state index contributed by atoms with van der Waals surface area (Å²) in [5.74, 6) is -0.957. The summed E-state index contributed by atoms with van der Waals surface area (Å²) in [6.45, 7) is 6.12. The third kappa shape index (κ3) is 3.57. The predicted molar refractivity (Wildman–Crippen MR) is 87.0 cm³/mol. The lowest BCUT2D eigenvalue weighted by atomic mass is 10.1. The van der Waals surface area contributed by atoms with Gasteiger partial charge in [0.25, 0.3) is 0 Å². The van der Waals surface area contributed by atoms with E-state index in [-0.39, 0.29) is 0 Å². The lowest BCUT2D eigenvalue weighted by molar-refractivity contribution is -0.131. The smallest absolute Gasteiger partial charge is 0.328 e. The second-order valence-corrected chi connectivity index (χ2v) is 6.02. The van der Waals surface area contributed by atoms with E-state index >= 15 is 0 Å². The third-order valence-electron chi connectivity index (χ3n) is 4.10. The van der Waals surface area contributed by atoms with E-state index in [9.17, 15) is 4.79 Å². The molecule has 2 unspecified atom stereocenters. The minimum atomic E-state index is -0.957. The molecule has 1 saturated heterocycles. The zero-order valence-corrected chi connectivity index (χ0v) is 13.3. The van der Waals surface area contributed by atoms with Gasteiger partial charge in [-0.25, -0.2) is 4.79 Å². The third-order valence-corrected chi connectivity index (χ3v) is 4.40. The summed E-state index contributed by atoms with van der Waals surface area (Å²) >= 11 is 6.37. The molecule has 1 aliphatic heterocycles. The van der Waals surface area contributed by atoms with Crippen LogP contribution < -0.4 is 4.90 Å². The molecule has 1 fully saturated rings. The number of anilines is 1. The molecule has 21 heavy (non-hydrogen) atoms. The Morgan fingerprint density at radius 2 is 1.95 bits per heavy atom. The molecule has 0 amide bonds. The Balaban J connectivity index is 2.36. The van der Waals surface area contributed by atoms with Gasteiger partial charge in [-0.2, -0.15) is 0 Å². The summed E-state index contributed by atoms with van der Waals surface area (Å²) in [5, 5.41) is 9.48. The maximum absolute atomic E-state index is 10.8. The van der Waals surface area contributed by atoms with Crippen molar-refractivity contribution in [1.29, 1.82) is 0 Å². The minimum Gasteiger partial charge on any atom is -0.478 e. The van der Waals surface area contributed by atoms with Crippen LogP contribution in [-0.2, 0) is 4.79 Å². The van der Waals surface area contributed by atoms with Crippen LogP contribution in [0.4, 0.5) is 5.69 Å². The number of carboxylic acid groups (broad SMARTS) is 1. The van der Waals surface area contributed by atoms with Crippen molar-refractivity contribution >= 4 is 29.3 Å². The maximum Gasteiger partial charge on any atom is 0.328 e. The van der Waals surface area contributed by atoms with E-state index < -0.39 is 5.97 Å². The first kappa shape index (κ1) is 15.9. The van der Waals surface area contributed by atoms with Gasteiger partial charge in [-0.3, -0.25) is 4.90 Å². The molecule has 0 aromatic heterocycles. The second kappa shape index (κ2) is 6.50. The Kier molecular flexibility index (Phi) is 4.91. The Labute approximate surface area is 130 Å². The van der Waals surface area contributed by atoms with Gasteiger partial charge in [-0.1, -0.05) is 23.7 Å². The number of halogens is 1. The van der Waals surface area contributed by atoms with Crippen molar-refractivity contribution in [1.82, 2.24) is 4.90 Å². The fraction of sp³-hybridized carbons (Fsp3) is 0.438. The standard InChI is InChI=1S/C16H21ClN2O2/c1-11-9-19(10-12(2)18(11)3)16-13(7-8-15(20)21)5-4-6-14(16)17/h4-8,11-12H,9-10H2,1-3H3,(H,20,21)/b8-7+. The zero-order chi connectivity index (χ0) is 15.6. The van der Waals surface area contributed by atoms with Crippen molar-refractivity contribution in [2.45, 2.75) is 25.9 Å². The number of carbonyl (C=O) groups is 1. The number of likely N-dealkylation sites (N-methyl/N-ethyl adjacent to an activating group) is 1. The highest BCUT2D eigenvalue weighted by atomic mass is 35.5. The Morgan fingerprint density at radius 1 is 1.33 bits per heavy atom. The molecule has 1 N–H and O–H groups in total. The molecule has 2 atom stereocenters. The number of benzene rings is 1. The largest absolute Gasteiger partial charge is 0.478 e. The molecular formula is C16H21ClN2O2. The molecule has 1 aliphatic rings. The molecule has 1 aromatic rings. The monoisotopic (exact) mass is 308 g/mol. The molecule has 0 radical (unpaired) electrons. The first-order valence-corrected chi connectivity index (χ1v) is 7.44. The Hall–Kier alpha value is -1.52. The molecule has 114 valence electrons. The highest BCUT2D eigenvalue weighted by molar-refractivity contribution is 6.33. The van der Waals surface area contributed by atoms with Crippen LogP contribution in [0, 0.1) is 0 Å². The first-order valence-electron chi connectivity index (χ1n) is 7.06. The molecule has 1 heterocycles. The van der Waals surface area contributed by atoms with Crippen molar-refractivity contribution < 1.29 is 9.90 Å². The normalized spacial score (nSPS) is 23.7. The van der Waals surface area contributed by atoms with Crippen LogP contribution in [0.15, 0.2) is 24.3 Å². The van der Waals surface area contributed by atoms with Gasteiger partial charge in [-0.05, 0) is 38.6 Å².